The van der Waals surface area contributed by atoms with Crippen LogP contribution in [0.2, 0.25) is 10.0 Å². The van der Waals surface area contributed by atoms with E-state index in [0.29, 0.717) is 31.5 Å². The average molecular weight is 454 g/mol. The highest BCUT2D eigenvalue weighted by Gasteiger charge is 2.16. The molecule has 0 aliphatic carbocycles. The second-order valence-corrected chi connectivity index (χ2v) is 6.66. The summed E-state index contributed by atoms with van der Waals surface area (Å²) in [5.41, 5.74) is 0.808. The fraction of sp³-hybridized carbons (Fsp3) is 0.0714. The first-order valence-corrected chi connectivity index (χ1v) is 8.06. The van der Waals surface area contributed by atoms with Crippen LogP contribution in [0.4, 0.5) is 5.69 Å². The Morgan fingerprint density at radius 2 is 1.90 bits per heavy atom. The molecule has 0 spiro atoms. The largest absolute Gasteiger partial charge is 0.493 e. The van der Waals surface area contributed by atoms with Gasteiger partial charge in [0.2, 0.25) is 0 Å². The van der Waals surface area contributed by atoms with Crippen LogP contribution in [0.1, 0.15) is 10.4 Å². The quantitative estimate of drug-likeness (QED) is 0.639. The maximum atomic E-state index is 12.3. The molecule has 1 amide bonds. The monoisotopic (exact) mass is 451 g/mol. The first-order chi connectivity index (χ1) is 9.92. The van der Waals surface area contributed by atoms with Gasteiger partial charge in [0.1, 0.15) is 0 Å². The molecule has 0 saturated heterocycles. The van der Waals surface area contributed by atoms with Gasteiger partial charge in [-0.1, -0.05) is 39.1 Å². The topological polar surface area (TPSA) is 38.3 Å². The van der Waals surface area contributed by atoms with Gasteiger partial charge in [0.25, 0.3) is 5.91 Å². The molecule has 0 aromatic heterocycles. The predicted molar refractivity (Wildman–Crippen MR) is 92.8 cm³/mol. The number of anilines is 1. The zero-order chi connectivity index (χ0) is 15.6. The third kappa shape index (κ3) is 3.92. The van der Waals surface area contributed by atoms with E-state index in [1.165, 1.54) is 7.11 Å². The molecule has 0 aliphatic heterocycles. The summed E-state index contributed by atoms with van der Waals surface area (Å²) in [6.45, 7) is 0. The molecule has 0 saturated carbocycles. The van der Waals surface area contributed by atoms with Gasteiger partial charge in [0, 0.05) is 9.50 Å². The highest BCUT2D eigenvalue weighted by atomic mass is 79.9. The molecule has 0 heterocycles. The first kappa shape index (κ1) is 16.6. The SMILES string of the molecule is COc1c(Br)cc(Cl)cc1NC(=O)c1cc(Br)ccc1Cl. The highest BCUT2D eigenvalue weighted by molar-refractivity contribution is 9.10. The minimum Gasteiger partial charge on any atom is -0.493 e. The van der Waals surface area contributed by atoms with Gasteiger partial charge in [-0.3, -0.25) is 4.79 Å². The summed E-state index contributed by atoms with van der Waals surface area (Å²) in [4.78, 5) is 12.3. The van der Waals surface area contributed by atoms with Crippen molar-refractivity contribution in [2.75, 3.05) is 12.4 Å². The number of ether oxygens (including phenoxy) is 1. The molecule has 2 aromatic rings. The van der Waals surface area contributed by atoms with Crippen LogP contribution in [0, 0.1) is 0 Å². The van der Waals surface area contributed by atoms with Crippen molar-refractivity contribution >= 4 is 66.7 Å². The smallest absolute Gasteiger partial charge is 0.257 e. The van der Waals surface area contributed by atoms with E-state index >= 15 is 0 Å². The van der Waals surface area contributed by atoms with Gasteiger partial charge in [-0.25, -0.2) is 0 Å². The molecule has 7 heteroatoms. The van der Waals surface area contributed by atoms with Crippen molar-refractivity contribution in [1.82, 2.24) is 0 Å². The summed E-state index contributed by atoms with van der Waals surface area (Å²) in [7, 11) is 1.51. The molecular formula is C14H9Br2Cl2NO2. The predicted octanol–water partition coefficient (Wildman–Crippen LogP) is 5.78. The maximum Gasteiger partial charge on any atom is 0.257 e. The number of hydrogen-bond donors (Lipinski definition) is 1. The molecule has 3 nitrogen and oxygen atoms in total. The number of amides is 1. The van der Waals surface area contributed by atoms with Gasteiger partial charge in [0.15, 0.2) is 5.75 Å². The van der Waals surface area contributed by atoms with E-state index < -0.39 is 0 Å². The molecule has 1 N–H and O–H groups in total. The zero-order valence-corrected chi connectivity index (χ0v) is 15.4. The lowest BCUT2D eigenvalue weighted by molar-refractivity contribution is 0.102. The second-order valence-electron chi connectivity index (χ2n) is 4.05. The lowest BCUT2D eigenvalue weighted by Crippen LogP contribution is -2.13. The van der Waals surface area contributed by atoms with Gasteiger partial charge in [-0.15, -0.1) is 0 Å². The van der Waals surface area contributed by atoms with Gasteiger partial charge in [-0.2, -0.15) is 0 Å². The molecule has 2 aromatic carbocycles. The van der Waals surface area contributed by atoms with E-state index in [1.807, 2.05) is 0 Å². The molecule has 0 bridgehead atoms. The molecule has 21 heavy (non-hydrogen) atoms. The van der Waals surface area contributed by atoms with E-state index in [0.717, 1.165) is 4.47 Å². The van der Waals surface area contributed by atoms with Gasteiger partial charge in [-0.05, 0) is 46.3 Å². The normalized spacial score (nSPS) is 10.3. The number of nitrogens with one attached hydrogen (secondary N) is 1. The van der Waals surface area contributed by atoms with Crippen LogP contribution in [-0.4, -0.2) is 13.0 Å². The number of benzene rings is 2. The van der Waals surface area contributed by atoms with Crippen LogP contribution >= 0.6 is 55.1 Å². The Bertz CT molecular complexity index is 708. The zero-order valence-electron chi connectivity index (χ0n) is 10.7. The number of halogens is 4. The summed E-state index contributed by atoms with van der Waals surface area (Å²) in [5, 5.41) is 3.57. The lowest BCUT2D eigenvalue weighted by Gasteiger charge is -2.13. The fourth-order valence-electron chi connectivity index (χ4n) is 1.72. The number of hydrogen-bond acceptors (Lipinski definition) is 2. The highest BCUT2D eigenvalue weighted by Crippen LogP contribution is 2.36. The average Bonchev–Trinajstić information content (AvgIpc) is 2.41. The van der Waals surface area contributed by atoms with Crippen molar-refractivity contribution in [3.8, 4) is 5.75 Å². The van der Waals surface area contributed by atoms with E-state index in [2.05, 4.69) is 37.2 Å². The number of rotatable bonds is 3. The fourth-order valence-corrected chi connectivity index (χ4v) is 3.26. The maximum absolute atomic E-state index is 12.3. The Morgan fingerprint density at radius 1 is 1.19 bits per heavy atom. The Labute approximate surface area is 148 Å². The van der Waals surface area contributed by atoms with Crippen molar-refractivity contribution in [1.29, 1.82) is 0 Å². The summed E-state index contributed by atoms with van der Waals surface area (Å²) in [6, 6.07) is 8.34. The Morgan fingerprint density at radius 3 is 2.57 bits per heavy atom. The van der Waals surface area contributed by atoms with Crippen molar-refractivity contribution in [2.24, 2.45) is 0 Å². The van der Waals surface area contributed by atoms with Gasteiger partial charge >= 0.3 is 0 Å². The molecule has 0 radical (unpaired) electrons. The molecule has 0 aliphatic rings. The number of carbonyl (C=O) groups is 1. The van der Waals surface area contributed by atoms with Gasteiger partial charge < -0.3 is 10.1 Å². The van der Waals surface area contributed by atoms with Crippen LogP contribution in [0.15, 0.2) is 39.3 Å². The van der Waals surface area contributed by atoms with E-state index in [9.17, 15) is 4.79 Å². The second kappa shape index (κ2) is 7.01. The minimum absolute atomic E-state index is 0.351. The summed E-state index contributed by atoms with van der Waals surface area (Å²) < 4.78 is 6.67. The van der Waals surface area contributed by atoms with Gasteiger partial charge in [0.05, 0.1) is 27.9 Å². The van der Waals surface area contributed by atoms with E-state index in [4.69, 9.17) is 27.9 Å². The third-order valence-electron chi connectivity index (χ3n) is 2.63. The van der Waals surface area contributed by atoms with E-state index in [1.54, 1.807) is 30.3 Å². The van der Waals surface area contributed by atoms with Crippen LogP contribution < -0.4 is 10.1 Å². The molecular weight excluding hydrogens is 445 g/mol. The molecule has 110 valence electrons. The third-order valence-corrected chi connectivity index (χ3v) is 4.26. The Hall–Kier alpha value is -0.750. The Balaban J connectivity index is 2.38. The molecule has 0 fully saturated rings. The van der Waals surface area contributed by atoms with Crippen LogP contribution in [-0.2, 0) is 0 Å². The van der Waals surface area contributed by atoms with Crippen LogP contribution in [0.5, 0.6) is 5.75 Å². The Kier molecular flexibility index (Phi) is 5.54. The van der Waals surface area contributed by atoms with Crippen molar-refractivity contribution in [3.63, 3.8) is 0 Å². The standard InChI is InChI=1S/C14H9Br2Cl2NO2/c1-21-13-10(16)5-8(17)6-12(13)19-14(20)9-4-7(15)2-3-11(9)18/h2-6H,1H3,(H,19,20). The van der Waals surface area contributed by atoms with Crippen molar-refractivity contribution < 1.29 is 9.53 Å². The van der Waals surface area contributed by atoms with Crippen molar-refractivity contribution in [3.05, 3.63) is 54.9 Å². The summed E-state index contributed by atoms with van der Waals surface area (Å²) in [5.74, 6) is 0.132. The number of methoxy groups -OCH3 is 1. The molecule has 0 atom stereocenters. The van der Waals surface area contributed by atoms with Crippen molar-refractivity contribution in [2.45, 2.75) is 0 Å². The minimum atomic E-state index is -0.353. The number of carbonyl (C=O) groups excluding carboxylic acids is 1. The lowest BCUT2D eigenvalue weighted by atomic mass is 10.2. The molecule has 2 rings (SSSR count). The summed E-state index contributed by atoms with van der Waals surface area (Å²) in [6.07, 6.45) is 0. The molecule has 0 unspecified atom stereocenters. The van der Waals surface area contributed by atoms with Crippen LogP contribution in [0.25, 0.3) is 0 Å². The first-order valence-electron chi connectivity index (χ1n) is 5.72. The van der Waals surface area contributed by atoms with E-state index in [-0.39, 0.29) is 5.91 Å². The summed E-state index contributed by atoms with van der Waals surface area (Å²) >= 11 is 18.7. The van der Waals surface area contributed by atoms with Crippen LogP contribution in [0.3, 0.4) is 0 Å².